The van der Waals surface area contributed by atoms with E-state index in [9.17, 15) is 17.6 Å². The zero-order chi connectivity index (χ0) is 22.6. The summed E-state index contributed by atoms with van der Waals surface area (Å²) in [5, 5.41) is 0. The molecule has 5 nitrogen and oxygen atoms in total. The molecule has 0 bridgehead atoms. The zero-order valence-electron chi connectivity index (χ0n) is 17.6. The minimum atomic E-state index is -4.03. The van der Waals surface area contributed by atoms with Gasteiger partial charge in [-0.25, -0.2) is 12.8 Å². The smallest absolute Gasteiger partial charge is 0.262 e. The van der Waals surface area contributed by atoms with Crippen LogP contribution in [0.5, 0.6) is 0 Å². The molecular weight excluding hydrogens is 427 g/mol. The predicted octanol–water partition coefficient (Wildman–Crippen LogP) is 4.72. The van der Waals surface area contributed by atoms with E-state index in [2.05, 4.69) is 16.9 Å². The first-order chi connectivity index (χ1) is 15.4. The maximum atomic E-state index is 13.9. The topological polar surface area (TPSA) is 66.5 Å². The van der Waals surface area contributed by atoms with Crippen molar-refractivity contribution < 1.29 is 17.6 Å². The van der Waals surface area contributed by atoms with E-state index >= 15 is 0 Å². The molecule has 1 saturated heterocycles. The molecule has 166 valence electrons. The highest BCUT2D eigenvalue weighted by molar-refractivity contribution is 7.92. The second-order valence-electron chi connectivity index (χ2n) is 8.04. The Balaban J connectivity index is 1.42. The van der Waals surface area contributed by atoms with Gasteiger partial charge >= 0.3 is 0 Å². The second-order valence-corrected chi connectivity index (χ2v) is 9.72. The van der Waals surface area contributed by atoms with Crippen LogP contribution in [0.3, 0.4) is 0 Å². The first-order valence-electron chi connectivity index (χ1n) is 10.6. The van der Waals surface area contributed by atoms with Crippen LogP contribution < -0.4 is 4.72 Å². The Kier molecular flexibility index (Phi) is 6.55. The molecule has 32 heavy (non-hydrogen) atoms. The Morgan fingerprint density at radius 3 is 2.34 bits per heavy atom. The molecule has 0 atom stereocenters. The summed E-state index contributed by atoms with van der Waals surface area (Å²) in [5.74, 6) is -0.328. The van der Waals surface area contributed by atoms with E-state index in [4.69, 9.17) is 0 Å². The highest BCUT2D eigenvalue weighted by atomic mass is 32.2. The average molecular weight is 453 g/mol. The molecule has 0 spiro atoms. The van der Waals surface area contributed by atoms with Crippen molar-refractivity contribution in [3.63, 3.8) is 0 Å². The first kappa shape index (κ1) is 22.0. The molecule has 1 amide bonds. The lowest BCUT2D eigenvalue weighted by Gasteiger charge is -2.32. The minimum absolute atomic E-state index is 0.0782. The lowest BCUT2D eigenvalue weighted by molar-refractivity contribution is 0.0690. The number of benzene rings is 3. The molecule has 1 fully saturated rings. The largest absolute Gasteiger partial charge is 0.339 e. The highest BCUT2D eigenvalue weighted by Crippen LogP contribution is 2.24. The maximum Gasteiger partial charge on any atom is 0.262 e. The molecule has 0 unspecified atom stereocenters. The SMILES string of the molecule is O=C(c1cccc(S(=O)(=O)Nc2ccccc2F)c1)N1CCC(Cc2ccccc2)CC1. The maximum absolute atomic E-state index is 13.9. The van der Waals surface area contributed by atoms with Crippen molar-refractivity contribution in [1.29, 1.82) is 0 Å². The number of sulfonamides is 1. The normalized spacial score (nSPS) is 14.8. The molecule has 1 heterocycles. The van der Waals surface area contributed by atoms with E-state index in [0.29, 0.717) is 24.6 Å². The standard InChI is InChI=1S/C25H25FN2O3S/c26-23-11-4-5-12-24(23)27-32(30,31)22-10-6-9-21(18-22)25(29)28-15-13-20(14-16-28)17-19-7-2-1-3-8-19/h1-12,18,20,27H,13-17H2. The van der Waals surface area contributed by atoms with Crippen LogP contribution in [0.4, 0.5) is 10.1 Å². The number of carbonyl (C=O) groups is 1. The van der Waals surface area contributed by atoms with E-state index in [0.717, 1.165) is 19.3 Å². The number of amides is 1. The number of nitrogens with one attached hydrogen (secondary N) is 1. The number of rotatable bonds is 6. The molecule has 3 aromatic rings. The Labute approximate surface area is 187 Å². The van der Waals surface area contributed by atoms with E-state index in [1.54, 1.807) is 17.0 Å². The number of piperidine rings is 1. The molecule has 0 saturated carbocycles. The second kappa shape index (κ2) is 9.53. The lowest BCUT2D eigenvalue weighted by Crippen LogP contribution is -2.39. The Morgan fingerprint density at radius 1 is 0.938 bits per heavy atom. The van der Waals surface area contributed by atoms with Crippen LogP contribution in [0.15, 0.2) is 83.8 Å². The van der Waals surface area contributed by atoms with Crippen LogP contribution in [-0.2, 0) is 16.4 Å². The van der Waals surface area contributed by atoms with E-state index in [-0.39, 0.29) is 16.5 Å². The Morgan fingerprint density at radius 2 is 1.62 bits per heavy atom. The average Bonchev–Trinajstić information content (AvgIpc) is 2.81. The summed E-state index contributed by atoms with van der Waals surface area (Å²) in [4.78, 5) is 14.7. The third kappa shape index (κ3) is 5.16. The first-order valence-corrected chi connectivity index (χ1v) is 12.1. The fraction of sp³-hybridized carbons (Fsp3) is 0.240. The van der Waals surface area contributed by atoms with Crippen LogP contribution in [0, 0.1) is 11.7 Å². The number of carbonyl (C=O) groups excluding carboxylic acids is 1. The van der Waals surface area contributed by atoms with Gasteiger partial charge in [-0.05, 0) is 61.1 Å². The van der Waals surface area contributed by atoms with Crippen molar-refractivity contribution in [3.05, 3.63) is 95.8 Å². The number of likely N-dealkylation sites (tertiary alicyclic amines) is 1. The van der Waals surface area contributed by atoms with Crippen LogP contribution in [0.25, 0.3) is 0 Å². The predicted molar refractivity (Wildman–Crippen MR) is 122 cm³/mol. The van der Waals surface area contributed by atoms with Gasteiger partial charge in [0.2, 0.25) is 0 Å². The van der Waals surface area contributed by atoms with Crippen molar-refractivity contribution >= 4 is 21.6 Å². The van der Waals surface area contributed by atoms with Gasteiger partial charge in [0.05, 0.1) is 10.6 Å². The zero-order valence-corrected chi connectivity index (χ0v) is 18.4. The van der Waals surface area contributed by atoms with Gasteiger partial charge < -0.3 is 4.90 Å². The molecular formula is C25H25FN2O3S. The molecule has 7 heteroatoms. The van der Waals surface area contributed by atoms with Gasteiger partial charge in [-0.2, -0.15) is 0 Å². The molecule has 1 N–H and O–H groups in total. The number of hydrogen-bond acceptors (Lipinski definition) is 3. The van der Waals surface area contributed by atoms with Gasteiger partial charge in [-0.1, -0.05) is 48.5 Å². The fourth-order valence-electron chi connectivity index (χ4n) is 4.01. The van der Waals surface area contributed by atoms with Crippen molar-refractivity contribution in [2.75, 3.05) is 17.8 Å². The number of anilines is 1. The van der Waals surface area contributed by atoms with Crippen LogP contribution in [0.1, 0.15) is 28.8 Å². The molecule has 1 aliphatic rings. The quantitative estimate of drug-likeness (QED) is 0.588. The summed E-state index contributed by atoms with van der Waals surface area (Å²) in [5.41, 5.74) is 1.48. The molecule has 0 aliphatic carbocycles. The van der Waals surface area contributed by atoms with E-state index in [1.807, 2.05) is 18.2 Å². The fourth-order valence-corrected chi connectivity index (χ4v) is 5.13. The molecule has 4 rings (SSSR count). The van der Waals surface area contributed by atoms with Crippen molar-refractivity contribution in [3.8, 4) is 0 Å². The number of hydrogen-bond donors (Lipinski definition) is 1. The summed E-state index contributed by atoms with van der Waals surface area (Å²) in [6.45, 7) is 1.28. The Bertz CT molecular complexity index is 1190. The monoisotopic (exact) mass is 452 g/mol. The van der Waals surface area contributed by atoms with E-state index in [1.165, 1.54) is 42.0 Å². The molecule has 0 aromatic heterocycles. The third-order valence-electron chi connectivity index (χ3n) is 5.78. The van der Waals surface area contributed by atoms with Gasteiger partial charge in [-0.15, -0.1) is 0 Å². The minimum Gasteiger partial charge on any atom is -0.339 e. The van der Waals surface area contributed by atoms with Gasteiger partial charge in [0, 0.05) is 18.7 Å². The van der Waals surface area contributed by atoms with E-state index < -0.39 is 15.8 Å². The van der Waals surface area contributed by atoms with Crippen LogP contribution in [-0.4, -0.2) is 32.3 Å². The summed E-state index contributed by atoms with van der Waals surface area (Å²) in [6, 6.07) is 21.8. The Hall–Kier alpha value is -3.19. The highest BCUT2D eigenvalue weighted by Gasteiger charge is 2.25. The lowest BCUT2D eigenvalue weighted by atomic mass is 9.90. The van der Waals surface area contributed by atoms with Crippen molar-refractivity contribution in [2.45, 2.75) is 24.2 Å². The summed E-state index contributed by atoms with van der Waals surface area (Å²) >= 11 is 0. The number of halogens is 1. The van der Waals surface area contributed by atoms with Gasteiger partial charge in [-0.3, -0.25) is 9.52 Å². The third-order valence-corrected chi connectivity index (χ3v) is 7.14. The van der Waals surface area contributed by atoms with Crippen molar-refractivity contribution in [2.24, 2.45) is 5.92 Å². The summed E-state index contributed by atoms with van der Waals surface area (Å²) in [6.07, 6.45) is 2.82. The molecule has 0 radical (unpaired) electrons. The number of para-hydroxylation sites is 1. The van der Waals surface area contributed by atoms with Gasteiger partial charge in [0.15, 0.2) is 0 Å². The molecule has 1 aliphatic heterocycles. The van der Waals surface area contributed by atoms with Crippen molar-refractivity contribution in [1.82, 2.24) is 4.90 Å². The molecule has 3 aromatic carbocycles. The van der Waals surface area contributed by atoms with Crippen LogP contribution in [0.2, 0.25) is 0 Å². The van der Waals surface area contributed by atoms with Crippen LogP contribution >= 0.6 is 0 Å². The summed E-state index contributed by atoms with van der Waals surface area (Å²) < 4.78 is 41.6. The number of nitrogens with zero attached hydrogens (tertiary/aromatic N) is 1. The summed E-state index contributed by atoms with van der Waals surface area (Å²) in [7, 11) is -4.03. The van der Waals surface area contributed by atoms with Gasteiger partial charge in [0.25, 0.3) is 15.9 Å². The van der Waals surface area contributed by atoms with Gasteiger partial charge in [0.1, 0.15) is 5.82 Å².